The van der Waals surface area contributed by atoms with E-state index in [1.54, 1.807) is 41.1 Å². The Morgan fingerprint density at radius 2 is 1.58 bits per heavy atom. The fourth-order valence-electron chi connectivity index (χ4n) is 10.5. The second kappa shape index (κ2) is 26.6. The van der Waals surface area contributed by atoms with E-state index in [2.05, 4.69) is 0 Å². The number of ether oxygens (including phenoxy) is 6. The number of cyclic esters (lactones) is 1. The van der Waals surface area contributed by atoms with Crippen LogP contribution < -0.4 is 0 Å². The van der Waals surface area contributed by atoms with E-state index >= 15 is 0 Å². The van der Waals surface area contributed by atoms with Crippen LogP contribution in [0.5, 0.6) is 0 Å². The molecule has 1 saturated carbocycles. The highest BCUT2D eigenvalue weighted by atomic mass is 16.6. The molecule has 4 aliphatic rings. The summed E-state index contributed by atoms with van der Waals surface area (Å²) in [4.78, 5) is 72.1. The highest BCUT2D eigenvalue weighted by molar-refractivity contribution is 6.39. The van der Waals surface area contributed by atoms with Crippen molar-refractivity contribution in [2.75, 3.05) is 34.5 Å². The first-order chi connectivity index (χ1) is 31.8. The van der Waals surface area contributed by atoms with Crippen molar-refractivity contribution in [1.29, 1.82) is 0 Å². The number of rotatable bonds is 8. The number of methoxy groups -OCH3 is 3. The highest BCUT2D eigenvalue weighted by Gasteiger charge is 2.53. The Hall–Kier alpha value is -3.37. The van der Waals surface area contributed by atoms with Crippen LogP contribution in [0.3, 0.4) is 0 Å². The van der Waals surface area contributed by atoms with Gasteiger partial charge in [-0.2, -0.15) is 0 Å². The monoisotopic (exact) mass is 942 g/mol. The molecular formula is C53H83NO13. The Bertz CT molecular complexity index is 1790. The Kier molecular flexibility index (Phi) is 22.3. The predicted octanol–water partition coefficient (Wildman–Crippen LogP) is 7.22. The molecule has 2 N–H and O–H groups in total. The minimum Gasteiger partial charge on any atom is -0.460 e. The van der Waals surface area contributed by atoms with Crippen molar-refractivity contribution in [3.8, 4) is 0 Å². The number of carbonyl (C=O) groups is 5. The smallest absolute Gasteiger partial charge is 0.329 e. The summed E-state index contributed by atoms with van der Waals surface area (Å²) in [5.41, 5.74) is 1.29. The van der Waals surface area contributed by atoms with E-state index in [-0.39, 0.29) is 60.9 Å². The van der Waals surface area contributed by atoms with Gasteiger partial charge in [0.25, 0.3) is 11.7 Å². The van der Waals surface area contributed by atoms with Gasteiger partial charge in [0.15, 0.2) is 5.78 Å². The maximum atomic E-state index is 14.4. The number of amides is 1. The van der Waals surface area contributed by atoms with Crippen molar-refractivity contribution in [3.05, 3.63) is 47.6 Å². The first-order valence-corrected chi connectivity index (χ1v) is 24.9. The van der Waals surface area contributed by atoms with E-state index in [0.29, 0.717) is 57.1 Å². The third-order valence-electron chi connectivity index (χ3n) is 14.8. The number of ketones is 3. The van der Waals surface area contributed by atoms with Gasteiger partial charge in [-0.3, -0.25) is 19.2 Å². The van der Waals surface area contributed by atoms with Crippen molar-refractivity contribution in [3.63, 3.8) is 0 Å². The van der Waals surface area contributed by atoms with E-state index < -0.39 is 77.8 Å². The third-order valence-corrected chi connectivity index (χ3v) is 14.8. The predicted molar refractivity (Wildman–Crippen MR) is 255 cm³/mol. The molecule has 4 rings (SSSR count). The lowest BCUT2D eigenvalue weighted by Crippen LogP contribution is -2.61. The van der Waals surface area contributed by atoms with Crippen molar-refractivity contribution >= 4 is 29.2 Å². The van der Waals surface area contributed by atoms with Crippen molar-refractivity contribution in [1.82, 2.24) is 4.90 Å². The molecule has 0 aromatic heterocycles. The van der Waals surface area contributed by atoms with E-state index in [0.717, 1.165) is 24.8 Å². The Morgan fingerprint density at radius 3 is 2.25 bits per heavy atom. The largest absolute Gasteiger partial charge is 0.460 e. The summed E-state index contributed by atoms with van der Waals surface area (Å²) >= 11 is 0. The number of piperidine rings is 1. The van der Waals surface area contributed by atoms with Gasteiger partial charge in [-0.15, -0.1) is 0 Å². The molecule has 15 atom stereocenters. The standard InChI is InChI=1S/C53H83NO13/c1-12-65-43-24-22-39(29-46(43)63-10)28-35(5)45-31-42(55)34(4)27-37(7)48(57)49(64-11)47(56)36(6)26-32(2)18-14-13-15-19-33(3)44(62-9)30-40-23-21-38(8)53(61,67-40)50(58)51(59)54-25-17-16-20-41(54)52(60)66-45/h13-15,18-19,27,32,34-36,38-41,43-46,48-49,57,61H,12,16-17,20-26,28-31H2,1-11H3/b15-13+,18-14+,33-19-,37-27-. The number of aliphatic hydroxyl groups is 2. The van der Waals surface area contributed by atoms with Crippen LogP contribution >= 0.6 is 0 Å². The number of hydrogen-bond donors (Lipinski definition) is 2. The first-order valence-electron chi connectivity index (χ1n) is 24.9. The van der Waals surface area contributed by atoms with Crippen LogP contribution in [0.2, 0.25) is 0 Å². The number of fused-ring (bicyclic) bond motifs is 3. The molecule has 3 aliphatic heterocycles. The van der Waals surface area contributed by atoms with Crippen LogP contribution in [0, 0.1) is 35.5 Å². The molecule has 0 spiro atoms. The molecule has 3 heterocycles. The summed E-state index contributed by atoms with van der Waals surface area (Å²) < 4.78 is 35.7. The Morgan fingerprint density at radius 1 is 0.851 bits per heavy atom. The number of carbonyl (C=O) groups excluding carboxylic acids is 5. The molecule has 2 bridgehead atoms. The number of esters is 1. The summed E-state index contributed by atoms with van der Waals surface area (Å²) in [6.07, 6.45) is 12.8. The zero-order valence-corrected chi connectivity index (χ0v) is 42.3. The summed E-state index contributed by atoms with van der Waals surface area (Å²) in [6, 6.07) is -1.12. The number of nitrogens with zero attached hydrogens (tertiary/aromatic N) is 1. The fourth-order valence-corrected chi connectivity index (χ4v) is 10.5. The van der Waals surface area contributed by atoms with E-state index in [9.17, 15) is 34.2 Å². The first kappa shape index (κ1) is 56.2. The van der Waals surface area contributed by atoms with Gasteiger partial charge in [-0.05, 0) is 114 Å². The SMILES string of the molecule is CCOC1CCC(CC(C)C2CC(=O)C(C)/C=C(/C)C(O)C(OC)C(=O)C(C)CC(C)/C=C/C=C/C=C(/C)C(OC)CC3CCC(C)C(O)(O3)C(=O)C(=O)N3CCCCC3C(=O)O2)CC1OC. The molecule has 1 aliphatic carbocycles. The van der Waals surface area contributed by atoms with Crippen molar-refractivity contribution in [2.24, 2.45) is 35.5 Å². The van der Waals surface area contributed by atoms with E-state index in [1.165, 1.54) is 12.0 Å². The molecule has 14 heteroatoms. The summed E-state index contributed by atoms with van der Waals surface area (Å²) in [5, 5.41) is 23.4. The Labute approximate surface area is 400 Å². The lowest BCUT2D eigenvalue weighted by Gasteiger charge is -2.42. The van der Waals surface area contributed by atoms with Gasteiger partial charge in [0.1, 0.15) is 30.1 Å². The van der Waals surface area contributed by atoms with Gasteiger partial charge in [-0.1, -0.05) is 71.1 Å². The van der Waals surface area contributed by atoms with Gasteiger partial charge >= 0.3 is 5.97 Å². The zero-order chi connectivity index (χ0) is 49.6. The average Bonchev–Trinajstić information content (AvgIpc) is 3.30. The average molecular weight is 942 g/mol. The molecule has 1 amide bonds. The summed E-state index contributed by atoms with van der Waals surface area (Å²) in [6.45, 7) is 15.4. The molecule has 67 heavy (non-hydrogen) atoms. The minimum atomic E-state index is -2.42. The summed E-state index contributed by atoms with van der Waals surface area (Å²) in [5.74, 6) is -7.71. The lowest BCUT2D eigenvalue weighted by molar-refractivity contribution is -0.265. The van der Waals surface area contributed by atoms with Crippen LogP contribution in [0.1, 0.15) is 132 Å². The quantitative estimate of drug-likeness (QED) is 0.141. The zero-order valence-electron chi connectivity index (χ0n) is 42.3. The molecule has 3 fully saturated rings. The van der Waals surface area contributed by atoms with Crippen LogP contribution in [0.15, 0.2) is 47.6 Å². The molecule has 378 valence electrons. The van der Waals surface area contributed by atoms with Gasteiger partial charge in [-0.25, -0.2) is 4.79 Å². The number of aliphatic hydroxyl groups excluding tert-OH is 1. The van der Waals surface area contributed by atoms with E-state index in [1.807, 2.05) is 65.0 Å². The van der Waals surface area contributed by atoms with Gasteiger partial charge in [0.05, 0.1) is 24.4 Å². The molecule has 0 radical (unpaired) electrons. The summed E-state index contributed by atoms with van der Waals surface area (Å²) in [7, 11) is 4.65. The molecule has 15 unspecified atom stereocenters. The van der Waals surface area contributed by atoms with Gasteiger partial charge in [0.2, 0.25) is 5.79 Å². The lowest BCUT2D eigenvalue weighted by atomic mass is 9.78. The van der Waals surface area contributed by atoms with Crippen molar-refractivity contribution < 1.29 is 62.6 Å². The second-order valence-corrected chi connectivity index (χ2v) is 20.0. The third kappa shape index (κ3) is 15.1. The Balaban J connectivity index is 1.70. The minimum absolute atomic E-state index is 0.0193. The van der Waals surface area contributed by atoms with Gasteiger partial charge in [0, 0.05) is 65.1 Å². The number of Topliss-reactive ketones (excluding diaryl/α,β-unsaturated/α-hetero) is 3. The van der Waals surface area contributed by atoms with E-state index in [4.69, 9.17) is 28.4 Å². The van der Waals surface area contributed by atoms with Crippen LogP contribution in [-0.4, -0.2) is 133 Å². The molecule has 14 nitrogen and oxygen atoms in total. The van der Waals surface area contributed by atoms with Crippen molar-refractivity contribution in [2.45, 2.75) is 187 Å². The normalized spacial score (nSPS) is 39.6. The molecule has 0 aromatic rings. The maximum Gasteiger partial charge on any atom is 0.329 e. The maximum absolute atomic E-state index is 14.4. The number of allylic oxidation sites excluding steroid dienone is 6. The molecular weight excluding hydrogens is 859 g/mol. The topological polar surface area (TPSA) is 184 Å². The highest BCUT2D eigenvalue weighted by Crippen LogP contribution is 2.38. The van der Waals surface area contributed by atoms with Crippen LogP contribution in [0.25, 0.3) is 0 Å². The van der Waals surface area contributed by atoms with Gasteiger partial charge < -0.3 is 43.5 Å². The molecule has 2 saturated heterocycles. The second-order valence-electron chi connectivity index (χ2n) is 20.0. The number of hydrogen-bond acceptors (Lipinski definition) is 13. The fraction of sp³-hybridized carbons (Fsp3) is 0.755. The molecule has 0 aromatic carbocycles. The van der Waals surface area contributed by atoms with Crippen LogP contribution in [-0.2, 0) is 52.4 Å². The van der Waals surface area contributed by atoms with Crippen LogP contribution in [0.4, 0.5) is 0 Å².